The minimum atomic E-state index is -0.378. The van der Waals surface area contributed by atoms with Crippen molar-refractivity contribution in [1.82, 2.24) is 15.1 Å². The number of rotatable bonds is 3. The minimum absolute atomic E-state index is 0.0106. The number of ether oxygens (including phenoxy) is 2. The monoisotopic (exact) mass is 437 g/mol. The Labute approximate surface area is 179 Å². The summed E-state index contributed by atoms with van der Waals surface area (Å²) in [4.78, 5) is 28.1. The number of benzene rings is 1. The van der Waals surface area contributed by atoms with Gasteiger partial charge in [0, 0.05) is 31.6 Å². The predicted octanol–water partition coefficient (Wildman–Crippen LogP) is 2.28. The molecule has 162 valence electrons. The molecule has 3 saturated heterocycles. The van der Waals surface area contributed by atoms with Crippen LogP contribution in [0.15, 0.2) is 18.2 Å². The fourth-order valence-electron chi connectivity index (χ4n) is 5.31. The van der Waals surface area contributed by atoms with Crippen LogP contribution in [0.1, 0.15) is 19.3 Å². The van der Waals surface area contributed by atoms with Gasteiger partial charge in [0.05, 0.1) is 23.8 Å². The van der Waals surface area contributed by atoms with Crippen LogP contribution >= 0.6 is 11.6 Å². The highest BCUT2D eigenvalue weighted by atomic mass is 35.5. The van der Waals surface area contributed by atoms with E-state index in [1.807, 2.05) is 9.80 Å². The number of morpholine rings is 1. The number of nitrogens with one attached hydrogen (secondary N) is 1. The highest BCUT2D eigenvalue weighted by Gasteiger charge is 2.54. The molecule has 0 radical (unpaired) electrons. The molecule has 3 amide bonds. The number of hydrogen-bond donors (Lipinski definition) is 1. The van der Waals surface area contributed by atoms with Gasteiger partial charge in [-0.3, -0.25) is 4.79 Å². The first kappa shape index (κ1) is 19.9. The van der Waals surface area contributed by atoms with Crippen LogP contribution in [0.3, 0.4) is 0 Å². The van der Waals surface area contributed by atoms with Crippen LogP contribution < -0.4 is 10.1 Å². The second-order valence-corrected chi connectivity index (χ2v) is 9.46. The Morgan fingerprint density at radius 2 is 2.13 bits per heavy atom. The molecule has 0 bridgehead atoms. The Hall–Kier alpha value is -2.06. The average molecular weight is 438 g/mol. The van der Waals surface area contributed by atoms with Gasteiger partial charge in [-0.1, -0.05) is 11.6 Å². The number of carbonyl (C=O) groups is 2. The lowest BCUT2D eigenvalue weighted by Gasteiger charge is -2.59. The minimum Gasteiger partial charge on any atom is -0.492 e. The maximum absolute atomic E-state index is 13.1. The molecule has 5 rings (SSSR count). The van der Waals surface area contributed by atoms with Gasteiger partial charge in [0.2, 0.25) is 5.91 Å². The molecule has 3 heterocycles. The molecule has 3 aliphatic heterocycles. The van der Waals surface area contributed by atoms with Gasteiger partial charge < -0.3 is 24.6 Å². The standard InChI is InChI=1S/C21H25ClFN3O4/c22-15-5-14(23)1-2-17(15)29-9-13-6-21(7-13)11-26(12-21)20(28)25-4-3-18-16(8-25)24-19(27)10-30-18/h1-2,5,13,16,18H,3-4,6-12H2,(H,24,27)/t16?,18-/m0/s1. The van der Waals surface area contributed by atoms with Crippen molar-refractivity contribution >= 4 is 23.5 Å². The quantitative estimate of drug-likeness (QED) is 0.787. The van der Waals surface area contributed by atoms with Gasteiger partial charge in [0.25, 0.3) is 0 Å². The lowest BCUT2D eigenvalue weighted by atomic mass is 9.58. The lowest BCUT2D eigenvalue weighted by Crippen LogP contribution is -2.68. The number of hydrogen-bond acceptors (Lipinski definition) is 4. The summed E-state index contributed by atoms with van der Waals surface area (Å²) in [6.45, 7) is 3.38. The first-order valence-electron chi connectivity index (χ1n) is 10.4. The van der Waals surface area contributed by atoms with Crippen molar-refractivity contribution in [2.75, 3.05) is 39.4 Å². The molecule has 4 fully saturated rings. The van der Waals surface area contributed by atoms with Crippen LogP contribution in [0, 0.1) is 17.2 Å². The van der Waals surface area contributed by atoms with Gasteiger partial charge in [0.1, 0.15) is 18.2 Å². The van der Waals surface area contributed by atoms with E-state index in [1.165, 1.54) is 12.1 Å². The SMILES string of the molecule is O=C1CO[C@H]2CCN(C(=O)N3CC4(CC(COc5ccc(F)cc5Cl)C4)C3)CC2N1. The average Bonchev–Trinajstić information content (AvgIpc) is 2.66. The molecule has 7 nitrogen and oxygen atoms in total. The summed E-state index contributed by atoms with van der Waals surface area (Å²) in [6.07, 6.45) is 2.80. The summed E-state index contributed by atoms with van der Waals surface area (Å²) in [6, 6.07) is 4.09. The van der Waals surface area contributed by atoms with E-state index in [9.17, 15) is 14.0 Å². The summed E-state index contributed by atoms with van der Waals surface area (Å²) in [5.41, 5.74) is 0.205. The maximum Gasteiger partial charge on any atom is 0.320 e. The molecular weight excluding hydrogens is 413 g/mol. The summed E-state index contributed by atoms with van der Waals surface area (Å²) >= 11 is 6.00. The van der Waals surface area contributed by atoms with Crippen LogP contribution in [0.5, 0.6) is 5.75 Å². The summed E-state index contributed by atoms with van der Waals surface area (Å²) < 4.78 is 24.4. The maximum atomic E-state index is 13.1. The van der Waals surface area contributed by atoms with Crippen molar-refractivity contribution in [3.63, 3.8) is 0 Å². The fraction of sp³-hybridized carbons (Fsp3) is 0.619. The molecule has 4 aliphatic rings. The topological polar surface area (TPSA) is 71.1 Å². The van der Waals surface area contributed by atoms with Crippen LogP contribution in [0.2, 0.25) is 5.02 Å². The highest BCUT2D eigenvalue weighted by Crippen LogP contribution is 2.52. The number of fused-ring (bicyclic) bond motifs is 1. The second kappa shape index (κ2) is 7.57. The molecule has 1 N–H and O–H groups in total. The summed E-state index contributed by atoms with van der Waals surface area (Å²) in [7, 11) is 0. The third-order valence-corrected chi connectivity index (χ3v) is 7.03. The van der Waals surface area contributed by atoms with Gasteiger partial charge in [-0.2, -0.15) is 0 Å². The zero-order valence-electron chi connectivity index (χ0n) is 16.6. The molecule has 1 aromatic rings. The van der Waals surface area contributed by atoms with E-state index < -0.39 is 0 Å². The third kappa shape index (κ3) is 3.71. The largest absolute Gasteiger partial charge is 0.492 e. The number of halogens is 2. The van der Waals surface area contributed by atoms with E-state index in [2.05, 4.69) is 5.32 Å². The number of carbonyl (C=O) groups excluding carboxylic acids is 2. The Balaban J connectivity index is 1.06. The number of urea groups is 1. The van der Waals surface area contributed by atoms with Crippen molar-refractivity contribution in [2.24, 2.45) is 11.3 Å². The van der Waals surface area contributed by atoms with Crippen molar-refractivity contribution < 1.29 is 23.5 Å². The van der Waals surface area contributed by atoms with Crippen molar-refractivity contribution in [2.45, 2.75) is 31.4 Å². The lowest BCUT2D eigenvalue weighted by molar-refractivity contribution is -0.140. The van der Waals surface area contributed by atoms with Gasteiger partial charge >= 0.3 is 6.03 Å². The Bertz CT molecular complexity index is 855. The molecule has 0 aromatic heterocycles. The number of nitrogens with zero attached hydrogens (tertiary/aromatic N) is 2. The van der Waals surface area contributed by atoms with Crippen LogP contribution in [0.25, 0.3) is 0 Å². The molecule has 30 heavy (non-hydrogen) atoms. The van der Waals surface area contributed by atoms with E-state index in [4.69, 9.17) is 21.1 Å². The number of likely N-dealkylation sites (tertiary alicyclic amines) is 2. The fourth-order valence-corrected chi connectivity index (χ4v) is 5.53. The van der Waals surface area contributed by atoms with Gasteiger partial charge in [-0.15, -0.1) is 0 Å². The molecule has 1 unspecified atom stereocenters. The Morgan fingerprint density at radius 3 is 2.90 bits per heavy atom. The van der Waals surface area contributed by atoms with Crippen LogP contribution in [0.4, 0.5) is 9.18 Å². The Kier molecular flexibility index (Phi) is 5.01. The smallest absolute Gasteiger partial charge is 0.320 e. The van der Waals surface area contributed by atoms with Gasteiger partial charge in [0.15, 0.2) is 0 Å². The first-order chi connectivity index (χ1) is 14.4. The van der Waals surface area contributed by atoms with E-state index in [-0.39, 0.29) is 46.9 Å². The Morgan fingerprint density at radius 1 is 1.33 bits per heavy atom. The second-order valence-electron chi connectivity index (χ2n) is 9.06. The molecule has 1 spiro atoms. The normalized spacial score (nSPS) is 27.7. The third-order valence-electron chi connectivity index (χ3n) is 6.73. The summed E-state index contributed by atoms with van der Waals surface area (Å²) in [5, 5.41) is 3.22. The predicted molar refractivity (Wildman–Crippen MR) is 107 cm³/mol. The first-order valence-corrected chi connectivity index (χ1v) is 10.8. The van der Waals surface area contributed by atoms with Gasteiger partial charge in [-0.25, -0.2) is 9.18 Å². The van der Waals surface area contributed by atoms with E-state index >= 15 is 0 Å². The van der Waals surface area contributed by atoms with Crippen molar-refractivity contribution in [1.29, 1.82) is 0 Å². The number of amides is 3. The summed E-state index contributed by atoms with van der Waals surface area (Å²) in [5.74, 6) is 0.440. The van der Waals surface area contributed by atoms with E-state index in [0.717, 1.165) is 32.4 Å². The zero-order valence-corrected chi connectivity index (χ0v) is 17.4. The molecule has 9 heteroatoms. The van der Waals surface area contributed by atoms with E-state index in [0.29, 0.717) is 31.4 Å². The molecule has 2 atom stereocenters. The molecule has 1 saturated carbocycles. The highest BCUT2D eigenvalue weighted by molar-refractivity contribution is 6.32. The molecule has 1 aliphatic carbocycles. The van der Waals surface area contributed by atoms with Crippen LogP contribution in [-0.2, 0) is 9.53 Å². The number of piperidine rings is 1. The molecule has 1 aromatic carbocycles. The molecular formula is C21H25ClFN3O4. The van der Waals surface area contributed by atoms with Crippen molar-refractivity contribution in [3.05, 3.63) is 29.0 Å². The van der Waals surface area contributed by atoms with Crippen LogP contribution in [-0.4, -0.2) is 73.3 Å². The van der Waals surface area contributed by atoms with Crippen molar-refractivity contribution in [3.8, 4) is 5.75 Å². The van der Waals surface area contributed by atoms with E-state index in [1.54, 1.807) is 6.07 Å². The van der Waals surface area contributed by atoms with Gasteiger partial charge in [-0.05, 0) is 43.4 Å². The zero-order chi connectivity index (χ0) is 20.9.